The van der Waals surface area contributed by atoms with Gasteiger partial charge in [-0.3, -0.25) is 9.97 Å². The minimum absolute atomic E-state index is 0.271. The number of aromatic nitrogens is 2. The standard InChI is InChI=1S/C12H12N4S/c1-8-4-5-9(7-15-8)16-10-3-2-6-14-11(10)12(13)17/h2-7,16H,1H3,(H2,13,17). The molecule has 2 rings (SSSR count). The fourth-order valence-electron chi connectivity index (χ4n) is 1.40. The number of thiocarbonyl (C=S) groups is 1. The molecule has 2 aromatic heterocycles. The molecule has 0 atom stereocenters. The molecule has 0 aromatic carbocycles. The summed E-state index contributed by atoms with van der Waals surface area (Å²) in [5.74, 6) is 0. The number of hydrogen-bond acceptors (Lipinski definition) is 4. The van der Waals surface area contributed by atoms with E-state index in [1.807, 2.05) is 31.2 Å². The van der Waals surface area contributed by atoms with Crippen molar-refractivity contribution in [2.45, 2.75) is 6.92 Å². The molecular weight excluding hydrogens is 232 g/mol. The van der Waals surface area contributed by atoms with Gasteiger partial charge in [-0.2, -0.15) is 0 Å². The third-order valence-electron chi connectivity index (χ3n) is 2.23. The van der Waals surface area contributed by atoms with Crippen LogP contribution in [-0.4, -0.2) is 15.0 Å². The highest BCUT2D eigenvalue weighted by Crippen LogP contribution is 2.18. The molecular formula is C12H12N4S. The predicted molar refractivity (Wildman–Crippen MR) is 72.4 cm³/mol. The average molecular weight is 244 g/mol. The van der Waals surface area contributed by atoms with Gasteiger partial charge in [0.15, 0.2) is 0 Å². The molecule has 0 bridgehead atoms. The Morgan fingerprint density at radius 1 is 1.29 bits per heavy atom. The van der Waals surface area contributed by atoms with Crippen molar-refractivity contribution in [3.63, 3.8) is 0 Å². The largest absolute Gasteiger partial charge is 0.388 e. The highest BCUT2D eigenvalue weighted by molar-refractivity contribution is 7.80. The van der Waals surface area contributed by atoms with Crippen molar-refractivity contribution in [2.24, 2.45) is 5.73 Å². The lowest BCUT2D eigenvalue weighted by molar-refractivity contribution is 1.20. The normalized spacial score (nSPS) is 9.94. The molecule has 0 aliphatic rings. The van der Waals surface area contributed by atoms with Gasteiger partial charge in [0.2, 0.25) is 0 Å². The van der Waals surface area contributed by atoms with E-state index >= 15 is 0 Å². The zero-order valence-corrected chi connectivity index (χ0v) is 10.2. The van der Waals surface area contributed by atoms with E-state index in [9.17, 15) is 0 Å². The average Bonchev–Trinajstić information content (AvgIpc) is 2.32. The van der Waals surface area contributed by atoms with E-state index in [1.165, 1.54) is 0 Å². The van der Waals surface area contributed by atoms with E-state index in [0.29, 0.717) is 5.69 Å². The fraction of sp³-hybridized carbons (Fsp3) is 0.0833. The molecule has 0 radical (unpaired) electrons. The summed E-state index contributed by atoms with van der Waals surface area (Å²) < 4.78 is 0. The summed E-state index contributed by atoms with van der Waals surface area (Å²) in [7, 11) is 0. The molecule has 0 amide bonds. The van der Waals surface area contributed by atoms with Crippen LogP contribution in [0.5, 0.6) is 0 Å². The van der Waals surface area contributed by atoms with E-state index in [2.05, 4.69) is 15.3 Å². The first-order chi connectivity index (χ1) is 8.16. The number of nitrogens with zero attached hydrogens (tertiary/aromatic N) is 2. The highest BCUT2D eigenvalue weighted by atomic mass is 32.1. The lowest BCUT2D eigenvalue weighted by Gasteiger charge is -2.09. The molecule has 2 aromatic rings. The molecule has 0 fully saturated rings. The molecule has 17 heavy (non-hydrogen) atoms. The lowest BCUT2D eigenvalue weighted by Crippen LogP contribution is -2.13. The molecule has 86 valence electrons. The van der Waals surface area contributed by atoms with Crippen LogP contribution in [0.2, 0.25) is 0 Å². The second-order valence-electron chi connectivity index (χ2n) is 3.58. The van der Waals surface area contributed by atoms with E-state index in [0.717, 1.165) is 17.1 Å². The van der Waals surface area contributed by atoms with Crippen LogP contribution in [-0.2, 0) is 0 Å². The van der Waals surface area contributed by atoms with Crippen LogP contribution in [0.15, 0.2) is 36.7 Å². The van der Waals surface area contributed by atoms with E-state index < -0.39 is 0 Å². The van der Waals surface area contributed by atoms with Gasteiger partial charge in [-0.15, -0.1) is 0 Å². The third-order valence-corrected chi connectivity index (χ3v) is 2.42. The van der Waals surface area contributed by atoms with Gasteiger partial charge in [0.1, 0.15) is 10.7 Å². The number of nitrogens with two attached hydrogens (primary N) is 1. The Labute approximate surface area is 105 Å². The van der Waals surface area contributed by atoms with Crippen molar-refractivity contribution in [2.75, 3.05) is 5.32 Å². The maximum atomic E-state index is 5.61. The van der Waals surface area contributed by atoms with Crippen molar-refractivity contribution in [3.8, 4) is 0 Å². The number of pyridine rings is 2. The van der Waals surface area contributed by atoms with Crippen LogP contribution < -0.4 is 11.1 Å². The molecule has 2 heterocycles. The molecule has 0 saturated heterocycles. The Bertz CT molecular complexity index is 536. The van der Waals surface area contributed by atoms with Crippen LogP contribution >= 0.6 is 12.2 Å². The van der Waals surface area contributed by atoms with Gasteiger partial charge in [0.25, 0.3) is 0 Å². The number of nitrogens with one attached hydrogen (secondary N) is 1. The van der Waals surface area contributed by atoms with Gasteiger partial charge in [-0.25, -0.2) is 0 Å². The Kier molecular flexibility index (Phi) is 3.30. The Morgan fingerprint density at radius 3 is 2.76 bits per heavy atom. The molecule has 4 nitrogen and oxygen atoms in total. The molecule has 0 spiro atoms. The van der Waals surface area contributed by atoms with Crippen LogP contribution in [0.25, 0.3) is 0 Å². The zero-order valence-electron chi connectivity index (χ0n) is 9.34. The molecule has 0 aliphatic heterocycles. The first kappa shape index (κ1) is 11.5. The van der Waals surface area contributed by atoms with Crippen molar-refractivity contribution in [1.29, 1.82) is 0 Å². The van der Waals surface area contributed by atoms with Crippen molar-refractivity contribution >= 4 is 28.6 Å². The Balaban J connectivity index is 2.30. The Morgan fingerprint density at radius 2 is 2.12 bits per heavy atom. The van der Waals surface area contributed by atoms with Gasteiger partial charge in [-0.1, -0.05) is 12.2 Å². The molecule has 0 aliphatic carbocycles. The summed E-state index contributed by atoms with van der Waals surface area (Å²) in [5, 5.41) is 3.19. The van der Waals surface area contributed by atoms with Crippen LogP contribution in [0.1, 0.15) is 11.4 Å². The highest BCUT2D eigenvalue weighted by Gasteiger charge is 2.05. The lowest BCUT2D eigenvalue weighted by atomic mass is 10.2. The van der Waals surface area contributed by atoms with Crippen LogP contribution in [0.3, 0.4) is 0 Å². The van der Waals surface area contributed by atoms with Gasteiger partial charge in [0, 0.05) is 11.9 Å². The summed E-state index contributed by atoms with van der Waals surface area (Å²) in [6.45, 7) is 1.94. The molecule has 5 heteroatoms. The van der Waals surface area contributed by atoms with Gasteiger partial charge < -0.3 is 11.1 Å². The summed E-state index contributed by atoms with van der Waals surface area (Å²) in [4.78, 5) is 8.62. The van der Waals surface area contributed by atoms with Gasteiger partial charge in [0.05, 0.1) is 17.6 Å². The second kappa shape index (κ2) is 4.88. The van der Waals surface area contributed by atoms with E-state index in [4.69, 9.17) is 18.0 Å². The number of rotatable bonds is 3. The maximum absolute atomic E-state index is 5.61. The van der Waals surface area contributed by atoms with E-state index in [-0.39, 0.29) is 4.99 Å². The monoisotopic (exact) mass is 244 g/mol. The predicted octanol–water partition coefficient (Wildman–Crippen LogP) is 2.16. The SMILES string of the molecule is Cc1ccc(Nc2cccnc2C(N)=S)cn1. The summed E-state index contributed by atoms with van der Waals surface area (Å²) in [6, 6.07) is 7.57. The topological polar surface area (TPSA) is 63.8 Å². The summed E-state index contributed by atoms with van der Waals surface area (Å²) in [5.41, 5.74) is 8.82. The summed E-state index contributed by atoms with van der Waals surface area (Å²) >= 11 is 4.95. The van der Waals surface area contributed by atoms with Crippen LogP contribution in [0.4, 0.5) is 11.4 Å². The smallest absolute Gasteiger partial charge is 0.124 e. The summed E-state index contributed by atoms with van der Waals surface area (Å²) in [6.07, 6.45) is 3.42. The number of aryl methyl sites for hydroxylation is 1. The minimum Gasteiger partial charge on any atom is -0.388 e. The van der Waals surface area contributed by atoms with Gasteiger partial charge in [-0.05, 0) is 31.2 Å². The Hall–Kier alpha value is -2.01. The first-order valence-electron chi connectivity index (χ1n) is 5.11. The fourth-order valence-corrected chi connectivity index (χ4v) is 1.56. The molecule has 3 N–H and O–H groups in total. The third kappa shape index (κ3) is 2.76. The first-order valence-corrected chi connectivity index (χ1v) is 5.52. The van der Waals surface area contributed by atoms with E-state index in [1.54, 1.807) is 12.4 Å². The number of anilines is 2. The second-order valence-corrected chi connectivity index (χ2v) is 4.02. The van der Waals surface area contributed by atoms with Gasteiger partial charge >= 0.3 is 0 Å². The van der Waals surface area contributed by atoms with Crippen LogP contribution in [0, 0.1) is 6.92 Å². The zero-order chi connectivity index (χ0) is 12.3. The number of hydrogen-bond donors (Lipinski definition) is 2. The molecule has 0 saturated carbocycles. The quantitative estimate of drug-likeness (QED) is 0.810. The van der Waals surface area contributed by atoms with Crippen molar-refractivity contribution in [1.82, 2.24) is 9.97 Å². The molecule has 0 unspecified atom stereocenters. The minimum atomic E-state index is 0.271. The van der Waals surface area contributed by atoms with Crippen molar-refractivity contribution in [3.05, 3.63) is 48.0 Å². The van der Waals surface area contributed by atoms with Crippen molar-refractivity contribution < 1.29 is 0 Å². The maximum Gasteiger partial charge on any atom is 0.124 e.